The molecular weight excluding hydrogens is 190 g/mol. The molecule has 1 rings (SSSR count). The molecule has 0 radical (unpaired) electrons. The fraction of sp³-hybridized carbons (Fsp3) is 0.857. The van der Waals surface area contributed by atoms with Crippen LogP contribution in [0.15, 0.2) is 10.2 Å². The van der Waals surface area contributed by atoms with E-state index in [4.69, 9.17) is 10.8 Å². The Kier molecular flexibility index (Phi) is 3.27. The molecule has 5 nitrogen and oxygen atoms in total. The summed E-state index contributed by atoms with van der Waals surface area (Å²) in [5.74, 6) is 0.357. The third-order valence-electron chi connectivity index (χ3n) is 1.78. The minimum absolute atomic E-state index is 0.180. The maximum absolute atomic E-state index is 10.3. The molecule has 0 aromatic rings. The van der Waals surface area contributed by atoms with Crippen molar-refractivity contribution in [2.75, 3.05) is 11.5 Å². The Balaban J connectivity index is 1.98. The van der Waals surface area contributed by atoms with Crippen molar-refractivity contribution in [3.05, 3.63) is 0 Å². The van der Waals surface area contributed by atoms with Gasteiger partial charge >= 0.3 is 5.97 Å². The highest BCUT2D eigenvalue weighted by atomic mass is 32.2. The highest BCUT2D eigenvalue weighted by molar-refractivity contribution is 7.99. The van der Waals surface area contributed by atoms with E-state index in [1.165, 1.54) is 11.8 Å². The number of nitrogens with zero attached hydrogens (tertiary/aromatic N) is 2. The van der Waals surface area contributed by atoms with Crippen molar-refractivity contribution in [1.82, 2.24) is 0 Å². The number of rotatable bonds is 6. The Labute approximate surface area is 80.8 Å². The molecule has 3 N–H and O–H groups in total. The van der Waals surface area contributed by atoms with Gasteiger partial charge in [0.15, 0.2) is 5.66 Å². The van der Waals surface area contributed by atoms with E-state index < -0.39 is 12.0 Å². The Morgan fingerprint density at radius 1 is 1.69 bits per heavy atom. The van der Waals surface area contributed by atoms with Crippen LogP contribution in [-0.2, 0) is 4.79 Å². The molecule has 0 aromatic carbocycles. The van der Waals surface area contributed by atoms with Gasteiger partial charge < -0.3 is 10.8 Å². The SMILES string of the molecule is CC1(CCSC[C@H](N)C(=O)O)N=N1. The maximum Gasteiger partial charge on any atom is 0.321 e. The predicted octanol–water partition coefficient (Wildman–Crippen LogP) is 0.704. The number of thioether (sulfide) groups is 1. The highest BCUT2D eigenvalue weighted by Gasteiger charge is 2.32. The molecule has 0 unspecified atom stereocenters. The van der Waals surface area contributed by atoms with Crippen LogP contribution in [0.25, 0.3) is 0 Å². The van der Waals surface area contributed by atoms with Crippen molar-refractivity contribution in [2.24, 2.45) is 16.0 Å². The van der Waals surface area contributed by atoms with Gasteiger partial charge in [-0.25, -0.2) is 0 Å². The highest BCUT2D eigenvalue weighted by Crippen LogP contribution is 2.31. The summed E-state index contributed by atoms with van der Waals surface area (Å²) in [6.07, 6.45) is 0.865. The van der Waals surface area contributed by atoms with Crippen molar-refractivity contribution >= 4 is 17.7 Å². The molecule has 0 bridgehead atoms. The third kappa shape index (κ3) is 3.73. The molecule has 0 aliphatic carbocycles. The van der Waals surface area contributed by atoms with E-state index in [1.807, 2.05) is 6.92 Å². The molecule has 1 aliphatic rings. The topological polar surface area (TPSA) is 88.0 Å². The van der Waals surface area contributed by atoms with Crippen molar-refractivity contribution in [2.45, 2.75) is 25.0 Å². The molecule has 0 amide bonds. The molecule has 0 aromatic heterocycles. The Bertz CT molecular complexity index is 226. The van der Waals surface area contributed by atoms with Gasteiger partial charge in [0.2, 0.25) is 0 Å². The van der Waals surface area contributed by atoms with Crippen LogP contribution >= 0.6 is 11.8 Å². The van der Waals surface area contributed by atoms with Crippen LogP contribution in [0, 0.1) is 0 Å². The molecule has 0 fully saturated rings. The summed E-state index contributed by atoms with van der Waals surface area (Å²) >= 11 is 1.53. The lowest BCUT2D eigenvalue weighted by Gasteiger charge is -2.06. The fourth-order valence-electron chi connectivity index (χ4n) is 0.732. The molecule has 0 saturated heterocycles. The van der Waals surface area contributed by atoms with E-state index in [0.717, 1.165) is 12.2 Å². The average Bonchev–Trinajstić information content (AvgIpc) is 2.78. The Morgan fingerprint density at radius 3 is 2.77 bits per heavy atom. The molecule has 13 heavy (non-hydrogen) atoms. The fourth-order valence-corrected chi connectivity index (χ4v) is 1.83. The van der Waals surface area contributed by atoms with Gasteiger partial charge in [-0.2, -0.15) is 22.0 Å². The van der Waals surface area contributed by atoms with E-state index in [9.17, 15) is 4.79 Å². The van der Waals surface area contributed by atoms with Crippen molar-refractivity contribution in [3.8, 4) is 0 Å². The van der Waals surface area contributed by atoms with E-state index in [1.54, 1.807) is 0 Å². The monoisotopic (exact) mass is 203 g/mol. The second kappa shape index (κ2) is 4.06. The van der Waals surface area contributed by atoms with E-state index in [0.29, 0.717) is 5.75 Å². The van der Waals surface area contributed by atoms with Gasteiger partial charge in [-0.1, -0.05) is 0 Å². The number of nitrogens with two attached hydrogens (primary N) is 1. The van der Waals surface area contributed by atoms with Crippen LogP contribution in [0.4, 0.5) is 0 Å². The van der Waals surface area contributed by atoms with Crippen LogP contribution in [0.3, 0.4) is 0 Å². The standard InChI is InChI=1S/C7H13N3O2S/c1-7(9-10-7)2-3-13-4-5(8)6(11)12/h5H,2-4,8H2,1H3,(H,11,12)/t5-/m0/s1. The van der Waals surface area contributed by atoms with Gasteiger partial charge in [-0.15, -0.1) is 0 Å². The molecule has 1 heterocycles. The molecule has 1 atom stereocenters. The first kappa shape index (κ1) is 10.5. The quantitative estimate of drug-likeness (QED) is 0.622. The van der Waals surface area contributed by atoms with Gasteiger partial charge in [-0.3, -0.25) is 4.79 Å². The van der Waals surface area contributed by atoms with Gasteiger partial charge in [0, 0.05) is 12.2 Å². The zero-order valence-corrected chi connectivity index (χ0v) is 8.25. The summed E-state index contributed by atoms with van der Waals surface area (Å²) in [7, 11) is 0. The van der Waals surface area contributed by atoms with Crippen molar-refractivity contribution < 1.29 is 9.90 Å². The smallest absolute Gasteiger partial charge is 0.321 e. The van der Waals surface area contributed by atoms with Gasteiger partial charge in [0.05, 0.1) is 0 Å². The van der Waals surface area contributed by atoms with E-state index in [2.05, 4.69) is 10.2 Å². The lowest BCUT2D eigenvalue weighted by Crippen LogP contribution is -2.32. The first-order valence-corrected chi connectivity index (χ1v) is 5.19. The second-order valence-corrected chi connectivity index (χ2v) is 4.34. The minimum Gasteiger partial charge on any atom is -0.480 e. The number of hydrogen-bond acceptors (Lipinski definition) is 5. The van der Waals surface area contributed by atoms with Crippen LogP contribution in [0.1, 0.15) is 13.3 Å². The van der Waals surface area contributed by atoms with Crippen LogP contribution < -0.4 is 5.73 Å². The molecule has 74 valence electrons. The zero-order chi connectivity index (χ0) is 9.90. The minimum atomic E-state index is -0.945. The summed E-state index contributed by atoms with van der Waals surface area (Å²) in [6, 6.07) is -0.758. The largest absolute Gasteiger partial charge is 0.480 e. The maximum atomic E-state index is 10.3. The van der Waals surface area contributed by atoms with Crippen molar-refractivity contribution in [3.63, 3.8) is 0 Å². The Hall–Kier alpha value is -0.620. The Morgan fingerprint density at radius 2 is 2.31 bits per heavy atom. The number of carboxylic acid groups (broad SMARTS) is 1. The molecule has 0 saturated carbocycles. The summed E-state index contributed by atoms with van der Waals surface area (Å²) in [5.41, 5.74) is 5.13. The summed E-state index contributed by atoms with van der Waals surface area (Å²) in [5, 5.41) is 16.2. The first-order chi connectivity index (χ1) is 6.03. The van der Waals surface area contributed by atoms with Crippen LogP contribution in [-0.4, -0.2) is 34.3 Å². The normalized spacial score (nSPS) is 19.8. The van der Waals surface area contributed by atoms with E-state index >= 15 is 0 Å². The summed E-state index contributed by atoms with van der Waals surface area (Å²) < 4.78 is 0. The third-order valence-corrected chi connectivity index (χ3v) is 2.86. The van der Waals surface area contributed by atoms with Crippen LogP contribution in [0.2, 0.25) is 0 Å². The van der Waals surface area contributed by atoms with Crippen LogP contribution in [0.5, 0.6) is 0 Å². The average molecular weight is 203 g/mol. The summed E-state index contributed by atoms with van der Waals surface area (Å²) in [4.78, 5) is 10.3. The van der Waals surface area contributed by atoms with Crippen molar-refractivity contribution in [1.29, 1.82) is 0 Å². The van der Waals surface area contributed by atoms with Gasteiger partial charge in [0.25, 0.3) is 0 Å². The zero-order valence-electron chi connectivity index (χ0n) is 7.43. The summed E-state index contributed by atoms with van der Waals surface area (Å²) in [6.45, 7) is 1.95. The molecular formula is C7H13N3O2S. The second-order valence-electron chi connectivity index (χ2n) is 3.19. The number of carbonyl (C=O) groups is 1. The molecule has 1 aliphatic heterocycles. The van der Waals surface area contributed by atoms with E-state index in [-0.39, 0.29) is 5.66 Å². The van der Waals surface area contributed by atoms with Gasteiger partial charge in [-0.05, 0) is 12.7 Å². The lowest BCUT2D eigenvalue weighted by atomic mass is 10.2. The van der Waals surface area contributed by atoms with Gasteiger partial charge in [0.1, 0.15) is 6.04 Å². The molecule has 6 heteroatoms. The lowest BCUT2D eigenvalue weighted by molar-refractivity contribution is -0.137. The number of hydrogen-bond donors (Lipinski definition) is 2. The first-order valence-electron chi connectivity index (χ1n) is 4.04. The predicted molar refractivity (Wildman–Crippen MR) is 50.8 cm³/mol. The number of carboxylic acids is 1. The number of aliphatic carboxylic acids is 1. The molecule has 0 spiro atoms.